The number of carbonyl (C=O) groups excluding carboxylic acids is 1. The van der Waals surface area contributed by atoms with Crippen LogP contribution in [0, 0.1) is 0 Å². The van der Waals surface area contributed by atoms with E-state index < -0.39 is 0 Å². The molecule has 0 fully saturated rings. The second-order valence-electron chi connectivity index (χ2n) is 7.04. The van der Waals surface area contributed by atoms with Crippen molar-refractivity contribution in [1.29, 1.82) is 0 Å². The highest BCUT2D eigenvalue weighted by Crippen LogP contribution is 2.27. The van der Waals surface area contributed by atoms with Gasteiger partial charge in [0.1, 0.15) is 12.4 Å². The fraction of sp³-hybridized carbons (Fsp3) is 0.0769. The first kappa shape index (κ1) is 21.4. The van der Waals surface area contributed by atoms with E-state index in [1.807, 2.05) is 91.0 Å². The second-order valence-corrected chi connectivity index (χ2v) is 7.47. The Kier molecular flexibility index (Phi) is 7.00. The summed E-state index contributed by atoms with van der Waals surface area (Å²) in [5.74, 6) is 0.380. The molecule has 5 nitrogen and oxygen atoms in total. The van der Waals surface area contributed by atoms with Crippen LogP contribution >= 0.6 is 11.6 Å². The summed E-state index contributed by atoms with van der Waals surface area (Å²) in [6.45, 7) is 0.188. The number of ether oxygens (including phenoxy) is 1. The first-order valence-electron chi connectivity index (χ1n) is 10.1. The number of carbonyl (C=O) groups is 1. The number of hydrogen-bond acceptors (Lipinski definition) is 4. The SMILES string of the molecule is O=C(CO/N=C/c1c(OCc2ccc(Cl)cc2)ccc2ccccc12)Nc1ccccc1. The summed E-state index contributed by atoms with van der Waals surface area (Å²) >= 11 is 5.96. The standard InChI is InChI=1S/C26H21ClN2O3/c27-21-13-10-19(11-14-21)17-31-25-15-12-20-6-4-5-9-23(20)24(25)16-28-32-18-26(30)29-22-7-2-1-3-8-22/h1-16H,17-18H2,(H,29,30)/b28-16+. The third-order valence-electron chi connectivity index (χ3n) is 4.75. The Bertz CT molecular complexity index is 1230. The molecular formula is C26H21ClN2O3. The van der Waals surface area contributed by atoms with E-state index >= 15 is 0 Å². The summed E-state index contributed by atoms with van der Waals surface area (Å²) in [5, 5.41) is 9.48. The number of nitrogens with one attached hydrogen (secondary N) is 1. The number of amides is 1. The van der Waals surface area contributed by atoms with Gasteiger partial charge in [-0.25, -0.2) is 0 Å². The van der Waals surface area contributed by atoms with Crippen molar-refractivity contribution in [1.82, 2.24) is 0 Å². The molecule has 0 unspecified atom stereocenters. The molecule has 4 rings (SSSR count). The van der Waals surface area contributed by atoms with Crippen LogP contribution in [0.2, 0.25) is 5.02 Å². The zero-order valence-corrected chi connectivity index (χ0v) is 18.0. The van der Waals surface area contributed by atoms with Gasteiger partial charge >= 0.3 is 0 Å². The van der Waals surface area contributed by atoms with E-state index in [0.29, 0.717) is 23.1 Å². The number of rotatable bonds is 8. The minimum atomic E-state index is -0.287. The highest BCUT2D eigenvalue weighted by Gasteiger charge is 2.08. The van der Waals surface area contributed by atoms with Gasteiger partial charge in [0.2, 0.25) is 0 Å². The van der Waals surface area contributed by atoms with Gasteiger partial charge in [0.05, 0.1) is 6.21 Å². The molecule has 1 amide bonds. The number of hydrogen-bond donors (Lipinski definition) is 1. The Morgan fingerprint density at radius 3 is 2.47 bits per heavy atom. The molecule has 0 saturated carbocycles. The lowest BCUT2D eigenvalue weighted by atomic mass is 10.0. The van der Waals surface area contributed by atoms with Gasteiger partial charge in [0.15, 0.2) is 6.61 Å². The van der Waals surface area contributed by atoms with Crippen molar-refractivity contribution >= 4 is 40.2 Å². The van der Waals surface area contributed by atoms with E-state index in [9.17, 15) is 4.79 Å². The molecule has 0 aromatic heterocycles. The highest BCUT2D eigenvalue weighted by atomic mass is 35.5. The van der Waals surface area contributed by atoms with Crippen molar-refractivity contribution in [2.45, 2.75) is 6.61 Å². The average Bonchev–Trinajstić information content (AvgIpc) is 2.82. The van der Waals surface area contributed by atoms with Crippen molar-refractivity contribution in [3.63, 3.8) is 0 Å². The highest BCUT2D eigenvalue weighted by molar-refractivity contribution is 6.30. The van der Waals surface area contributed by atoms with Gasteiger partial charge in [-0.1, -0.05) is 77.4 Å². The Morgan fingerprint density at radius 1 is 0.906 bits per heavy atom. The largest absolute Gasteiger partial charge is 0.488 e. The van der Waals surface area contributed by atoms with E-state index in [1.54, 1.807) is 6.21 Å². The van der Waals surface area contributed by atoms with Crippen LogP contribution in [-0.4, -0.2) is 18.7 Å². The number of para-hydroxylation sites is 1. The van der Waals surface area contributed by atoms with E-state index in [4.69, 9.17) is 21.2 Å². The maximum absolute atomic E-state index is 12.0. The topological polar surface area (TPSA) is 59.9 Å². The van der Waals surface area contributed by atoms with Gasteiger partial charge in [-0.15, -0.1) is 0 Å². The van der Waals surface area contributed by atoms with E-state index in [-0.39, 0.29) is 12.5 Å². The lowest BCUT2D eigenvalue weighted by Gasteiger charge is -2.12. The third-order valence-corrected chi connectivity index (χ3v) is 5.00. The van der Waals surface area contributed by atoms with Crippen LogP contribution in [0.15, 0.2) is 96.2 Å². The summed E-state index contributed by atoms with van der Waals surface area (Å²) < 4.78 is 6.06. The van der Waals surface area contributed by atoms with Gasteiger partial charge in [-0.05, 0) is 46.7 Å². The molecule has 4 aromatic rings. The van der Waals surface area contributed by atoms with Gasteiger partial charge in [-0.2, -0.15) is 0 Å². The average molecular weight is 445 g/mol. The van der Waals surface area contributed by atoms with Crippen LogP contribution < -0.4 is 10.1 Å². The summed E-state index contributed by atoms with van der Waals surface area (Å²) in [7, 11) is 0. The molecule has 32 heavy (non-hydrogen) atoms. The molecule has 6 heteroatoms. The second kappa shape index (κ2) is 10.5. The first-order valence-corrected chi connectivity index (χ1v) is 10.5. The maximum atomic E-state index is 12.0. The quantitative estimate of drug-likeness (QED) is 0.265. The van der Waals surface area contributed by atoms with E-state index in [0.717, 1.165) is 21.9 Å². The third kappa shape index (κ3) is 5.65. The summed E-state index contributed by atoms with van der Waals surface area (Å²) in [5.41, 5.74) is 2.48. The van der Waals surface area contributed by atoms with Crippen LogP contribution in [0.25, 0.3) is 10.8 Å². The summed E-state index contributed by atoms with van der Waals surface area (Å²) in [6.07, 6.45) is 1.58. The lowest BCUT2D eigenvalue weighted by molar-refractivity contribution is -0.120. The molecule has 0 aliphatic rings. The minimum Gasteiger partial charge on any atom is -0.488 e. The molecule has 160 valence electrons. The molecule has 0 bridgehead atoms. The molecule has 4 aromatic carbocycles. The minimum absolute atomic E-state index is 0.197. The predicted octanol–water partition coefficient (Wildman–Crippen LogP) is 6.06. The Morgan fingerprint density at radius 2 is 1.66 bits per heavy atom. The van der Waals surface area contributed by atoms with Gasteiger partial charge < -0.3 is 14.9 Å². The van der Waals surface area contributed by atoms with Crippen LogP contribution in [0.4, 0.5) is 5.69 Å². The smallest absolute Gasteiger partial charge is 0.265 e. The molecule has 0 saturated heterocycles. The molecule has 0 heterocycles. The molecule has 0 aliphatic heterocycles. The van der Waals surface area contributed by atoms with E-state index in [2.05, 4.69) is 10.5 Å². The molecule has 0 radical (unpaired) electrons. The fourth-order valence-electron chi connectivity index (χ4n) is 3.18. The molecule has 0 atom stereocenters. The number of oxime groups is 1. The Balaban J connectivity index is 1.46. The van der Waals surface area contributed by atoms with Gasteiger partial charge in [0.25, 0.3) is 5.91 Å². The Labute approximate surface area is 191 Å². The van der Waals surface area contributed by atoms with Crippen LogP contribution in [-0.2, 0) is 16.2 Å². The number of fused-ring (bicyclic) bond motifs is 1. The molecular weight excluding hydrogens is 424 g/mol. The van der Waals surface area contributed by atoms with Crippen molar-refractivity contribution in [2.24, 2.45) is 5.16 Å². The number of halogens is 1. The lowest BCUT2D eigenvalue weighted by Crippen LogP contribution is -2.16. The zero-order valence-electron chi connectivity index (χ0n) is 17.2. The summed E-state index contributed by atoms with van der Waals surface area (Å²) in [4.78, 5) is 17.3. The summed E-state index contributed by atoms with van der Waals surface area (Å²) in [6, 6.07) is 28.5. The van der Waals surface area contributed by atoms with Gasteiger partial charge in [0, 0.05) is 16.3 Å². The van der Waals surface area contributed by atoms with Crippen molar-refractivity contribution < 1.29 is 14.4 Å². The normalized spacial score (nSPS) is 10.9. The van der Waals surface area contributed by atoms with Crippen LogP contribution in [0.3, 0.4) is 0 Å². The number of anilines is 1. The Hall–Kier alpha value is -3.83. The van der Waals surface area contributed by atoms with Crippen molar-refractivity contribution in [3.05, 3.63) is 107 Å². The monoisotopic (exact) mass is 444 g/mol. The van der Waals surface area contributed by atoms with Crippen LogP contribution in [0.5, 0.6) is 5.75 Å². The number of nitrogens with zero attached hydrogens (tertiary/aromatic N) is 1. The fourth-order valence-corrected chi connectivity index (χ4v) is 3.31. The van der Waals surface area contributed by atoms with E-state index in [1.165, 1.54) is 0 Å². The van der Waals surface area contributed by atoms with Crippen molar-refractivity contribution in [2.75, 3.05) is 11.9 Å². The predicted molar refractivity (Wildman–Crippen MR) is 128 cm³/mol. The first-order chi connectivity index (χ1) is 15.7. The molecule has 0 aliphatic carbocycles. The zero-order chi connectivity index (χ0) is 22.2. The maximum Gasteiger partial charge on any atom is 0.265 e. The van der Waals surface area contributed by atoms with Gasteiger partial charge in [-0.3, -0.25) is 4.79 Å². The number of benzene rings is 4. The molecule has 1 N–H and O–H groups in total. The van der Waals surface area contributed by atoms with Crippen molar-refractivity contribution in [3.8, 4) is 5.75 Å². The van der Waals surface area contributed by atoms with Crippen LogP contribution in [0.1, 0.15) is 11.1 Å². The molecule has 0 spiro atoms.